The first-order valence-corrected chi connectivity index (χ1v) is 3.95. The minimum Gasteiger partial charge on any atom is -0.432 e. The van der Waals surface area contributed by atoms with Gasteiger partial charge in [-0.05, 0) is 12.1 Å². The van der Waals surface area contributed by atoms with E-state index in [1.165, 1.54) is 0 Å². The predicted octanol–water partition coefficient (Wildman–Crippen LogP) is 1.07. The van der Waals surface area contributed by atoms with Crippen molar-refractivity contribution in [3.05, 3.63) is 43.0 Å². The average Bonchev–Trinajstić information content (AvgIpc) is 2.19. The lowest BCUT2D eigenvalue weighted by molar-refractivity contribution is -0.212. The number of aliphatic hydroxyl groups excluding tert-OH is 1. The van der Waals surface area contributed by atoms with Crippen LogP contribution in [0.5, 0.6) is 5.75 Å². The van der Waals surface area contributed by atoms with Gasteiger partial charge in [0.15, 0.2) is 0 Å². The lowest BCUT2D eigenvalue weighted by atomic mass is 10.3. The number of carbonyl (C=O) groups excluding carboxylic acids is 1. The highest BCUT2D eigenvalue weighted by atomic mass is 16.8. The Hall–Kier alpha value is -1.81. The fraction of sp³-hybridized carbons (Fsp3) is 0.100. The first-order chi connectivity index (χ1) is 6.72. The Morgan fingerprint density at radius 1 is 1.43 bits per heavy atom. The monoisotopic (exact) mass is 194 g/mol. The molecular formula is C10H10O4. The van der Waals surface area contributed by atoms with Crippen LogP contribution in [-0.4, -0.2) is 17.6 Å². The van der Waals surface area contributed by atoms with Crippen LogP contribution in [0.3, 0.4) is 0 Å². The van der Waals surface area contributed by atoms with Crippen LogP contribution in [0.1, 0.15) is 0 Å². The Morgan fingerprint density at radius 3 is 2.64 bits per heavy atom. The number of benzene rings is 1. The molecule has 0 aromatic heterocycles. The molecule has 0 fully saturated rings. The zero-order chi connectivity index (χ0) is 10.4. The lowest BCUT2D eigenvalue weighted by Crippen LogP contribution is -2.22. The summed E-state index contributed by atoms with van der Waals surface area (Å²) in [5, 5.41) is 9.09. The Bertz CT molecular complexity index is 307. The van der Waals surface area contributed by atoms with E-state index in [9.17, 15) is 4.79 Å². The molecule has 1 aromatic rings. The topological polar surface area (TPSA) is 55.8 Å². The second kappa shape index (κ2) is 5.04. The van der Waals surface area contributed by atoms with Crippen LogP contribution in [0.4, 0.5) is 0 Å². The molecular weight excluding hydrogens is 184 g/mol. The van der Waals surface area contributed by atoms with Crippen LogP contribution in [0.2, 0.25) is 0 Å². The number of esters is 1. The zero-order valence-corrected chi connectivity index (χ0v) is 7.42. The van der Waals surface area contributed by atoms with E-state index in [0.29, 0.717) is 5.75 Å². The van der Waals surface area contributed by atoms with Gasteiger partial charge < -0.3 is 14.6 Å². The van der Waals surface area contributed by atoms with Crippen molar-refractivity contribution in [2.75, 3.05) is 0 Å². The molecule has 0 saturated carbocycles. The molecule has 1 rings (SSSR count). The fourth-order valence-corrected chi connectivity index (χ4v) is 0.787. The van der Waals surface area contributed by atoms with Crippen LogP contribution >= 0.6 is 0 Å². The highest BCUT2D eigenvalue weighted by molar-refractivity contribution is 5.81. The maximum absolute atomic E-state index is 10.6. The Balaban J connectivity index is 2.45. The number of rotatable bonds is 4. The molecule has 0 saturated heterocycles. The van der Waals surface area contributed by atoms with Gasteiger partial charge in [0.2, 0.25) is 0 Å². The van der Waals surface area contributed by atoms with Crippen molar-refractivity contribution >= 4 is 5.97 Å². The molecule has 0 aliphatic rings. The van der Waals surface area contributed by atoms with Crippen LogP contribution < -0.4 is 4.74 Å². The molecule has 0 radical (unpaired) electrons. The van der Waals surface area contributed by atoms with Crippen molar-refractivity contribution in [2.24, 2.45) is 0 Å². The van der Waals surface area contributed by atoms with Crippen LogP contribution in [0.25, 0.3) is 0 Å². The highest BCUT2D eigenvalue weighted by Crippen LogP contribution is 2.10. The molecule has 1 atom stereocenters. The molecule has 1 aromatic carbocycles. The number of carbonyl (C=O) groups is 1. The standard InChI is InChI=1S/C10H10O4/c1-2-9(11)14-10(12)13-8-6-4-3-5-7-8/h2-7,10,12H,1H2. The molecule has 0 aliphatic carbocycles. The van der Waals surface area contributed by atoms with Gasteiger partial charge in [-0.25, -0.2) is 4.79 Å². The maximum Gasteiger partial charge on any atom is 0.360 e. The van der Waals surface area contributed by atoms with Crippen molar-refractivity contribution in [1.82, 2.24) is 0 Å². The third kappa shape index (κ3) is 3.28. The largest absolute Gasteiger partial charge is 0.432 e. The summed E-state index contributed by atoms with van der Waals surface area (Å²) in [4.78, 5) is 10.6. The number of ether oxygens (including phenoxy) is 2. The van der Waals surface area contributed by atoms with E-state index in [0.717, 1.165) is 6.08 Å². The molecule has 0 bridgehead atoms. The second-order valence-corrected chi connectivity index (χ2v) is 2.38. The maximum atomic E-state index is 10.6. The molecule has 0 amide bonds. The van der Waals surface area contributed by atoms with Crippen molar-refractivity contribution in [3.8, 4) is 5.75 Å². The van der Waals surface area contributed by atoms with Crippen LogP contribution in [-0.2, 0) is 9.53 Å². The van der Waals surface area contributed by atoms with Crippen molar-refractivity contribution in [2.45, 2.75) is 6.48 Å². The minimum atomic E-state index is -1.61. The lowest BCUT2D eigenvalue weighted by Gasteiger charge is -2.11. The predicted molar refractivity (Wildman–Crippen MR) is 49.4 cm³/mol. The number of aliphatic hydroxyl groups is 1. The van der Waals surface area contributed by atoms with Crippen LogP contribution in [0.15, 0.2) is 43.0 Å². The Labute approximate surface area is 81.4 Å². The normalized spacial score (nSPS) is 11.5. The highest BCUT2D eigenvalue weighted by Gasteiger charge is 2.08. The van der Waals surface area contributed by atoms with Gasteiger partial charge in [0.05, 0.1) is 0 Å². The molecule has 74 valence electrons. The summed E-state index contributed by atoms with van der Waals surface area (Å²) in [6, 6.07) is 8.53. The Kier molecular flexibility index (Phi) is 3.69. The minimum absolute atomic E-state index is 0.414. The summed E-state index contributed by atoms with van der Waals surface area (Å²) in [5.74, 6) is -0.328. The van der Waals surface area contributed by atoms with Gasteiger partial charge in [-0.2, -0.15) is 0 Å². The van der Waals surface area contributed by atoms with E-state index in [4.69, 9.17) is 9.84 Å². The van der Waals surface area contributed by atoms with E-state index in [-0.39, 0.29) is 0 Å². The first-order valence-electron chi connectivity index (χ1n) is 3.95. The zero-order valence-electron chi connectivity index (χ0n) is 7.42. The molecule has 0 spiro atoms. The molecule has 14 heavy (non-hydrogen) atoms. The van der Waals surface area contributed by atoms with Gasteiger partial charge >= 0.3 is 12.4 Å². The SMILES string of the molecule is C=CC(=O)OC(O)Oc1ccccc1. The van der Waals surface area contributed by atoms with Crippen LogP contribution in [0, 0.1) is 0 Å². The first kappa shape index (κ1) is 10.3. The van der Waals surface area contributed by atoms with Gasteiger partial charge in [0.25, 0.3) is 0 Å². The van der Waals surface area contributed by atoms with E-state index < -0.39 is 12.4 Å². The van der Waals surface area contributed by atoms with Gasteiger partial charge in [0.1, 0.15) is 5.75 Å². The molecule has 4 heteroatoms. The summed E-state index contributed by atoms with van der Waals surface area (Å²) in [6.45, 7) is 1.57. The summed E-state index contributed by atoms with van der Waals surface area (Å²) in [5.41, 5.74) is 0. The summed E-state index contributed by atoms with van der Waals surface area (Å²) in [7, 11) is 0. The van der Waals surface area contributed by atoms with Gasteiger partial charge in [0, 0.05) is 6.08 Å². The van der Waals surface area contributed by atoms with Gasteiger partial charge in [-0.15, -0.1) is 0 Å². The summed E-state index contributed by atoms with van der Waals surface area (Å²) < 4.78 is 9.23. The average molecular weight is 194 g/mol. The van der Waals surface area contributed by atoms with Crippen molar-refractivity contribution < 1.29 is 19.4 Å². The molecule has 1 N–H and O–H groups in total. The van der Waals surface area contributed by atoms with Crippen molar-refractivity contribution in [1.29, 1.82) is 0 Å². The number of para-hydroxylation sites is 1. The molecule has 0 aliphatic heterocycles. The molecule has 0 heterocycles. The summed E-state index contributed by atoms with van der Waals surface area (Å²) in [6.07, 6.45) is 0.942. The van der Waals surface area contributed by atoms with Crippen molar-refractivity contribution in [3.63, 3.8) is 0 Å². The second-order valence-electron chi connectivity index (χ2n) is 2.38. The quantitative estimate of drug-likeness (QED) is 0.442. The molecule has 1 unspecified atom stereocenters. The van der Waals surface area contributed by atoms with E-state index in [1.807, 2.05) is 0 Å². The van der Waals surface area contributed by atoms with E-state index in [1.54, 1.807) is 30.3 Å². The Morgan fingerprint density at radius 2 is 2.07 bits per heavy atom. The van der Waals surface area contributed by atoms with Gasteiger partial charge in [-0.3, -0.25) is 0 Å². The third-order valence-electron chi connectivity index (χ3n) is 1.36. The fourth-order valence-electron chi connectivity index (χ4n) is 0.787. The summed E-state index contributed by atoms with van der Waals surface area (Å²) >= 11 is 0. The smallest absolute Gasteiger partial charge is 0.360 e. The van der Waals surface area contributed by atoms with E-state index in [2.05, 4.69) is 11.3 Å². The van der Waals surface area contributed by atoms with Gasteiger partial charge in [-0.1, -0.05) is 24.8 Å². The number of hydrogen-bond acceptors (Lipinski definition) is 4. The third-order valence-corrected chi connectivity index (χ3v) is 1.36. The van der Waals surface area contributed by atoms with E-state index >= 15 is 0 Å². The number of hydrogen-bond donors (Lipinski definition) is 1. The molecule has 4 nitrogen and oxygen atoms in total.